The maximum absolute atomic E-state index is 12.2. The zero-order valence-electron chi connectivity index (χ0n) is 11.4. The molecule has 106 valence electrons. The minimum absolute atomic E-state index is 0.0804. The van der Waals surface area contributed by atoms with E-state index in [4.69, 9.17) is 5.11 Å². The second-order valence-electron chi connectivity index (χ2n) is 6.46. The fourth-order valence-electron chi connectivity index (χ4n) is 3.50. The van der Waals surface area contributed by atoms with Gasteiger partial charge in [0.15, 0.2) is 0 Å². The molecule has 3 aliphatic rings. The predicted octanol–water partition coefficient (Wildman–Crippen LogP) is 1.68. The third-order valence-corrected chi connectivity index (χ3v) is 5.26. The number of carbonyl (C=O) groups excluding carboxylic acids is 1. The van der Waals surface area contributed by atoms with Gasteiger partial charge >= 0.3 is 12.0 Å². The van der Waals surface area contributed by atoms with Crippen molar-refractivity contribution in [2.75, 3.05) is 13.1 Å². The molecule has 0 radical (unpaired) electrons. The number of likely N-dealkylation sites (tertiary alicyclic amines) is 1. The van der Waals surface area contributed by atoms with Crippen molar-refractivity contribution in [2.45, 2.75) is 45.1 Å². The van der Waals surface area contributed by atoms with Gasteiger partial charge in [-0.2, -0.15) is 0 Å². The topological polar surface area (TPSA) is 69.6 Å². The van der Waals surface area contributed by atoms with Gasteiger partial charge < -0.3 is 15.3 Å². The average molecular weight is 266 g/mol. The fourth-order valence-corrected chi connectivity index (χ4v) is 3.50. The molecule has 2 unspecified atom stereocenters. The highest BCUT2D eigenvalue weighted by Gasteiger charge is 2.53. The highest BCUT2D eigenvalue weighted by Crippen LogP contribution is 2.60. The first-order valence-electron chi connectivity index (χ1n) is 7.31. The number of nitrogens with one attached hydrogen (secondary N) is 1. The van der Waals surface area contributed by atoms with Gasteiger partial charge in [0.25, 0.3) is 0 Å². The zero-order chi connectivity index (χ0) is 13.6. The van der Waals surface area contributed by atoms with E-state index >= 15 is 0 Å². The largest absolute Gasteiger partial charge is 0.481 e. The van der Waals surface area contributed by atoms with Gasteiger partial charge in [-0.25, -0.2) is 4.79 Å². The number of hydrogen-bond donors (Lipinski definition) is 2. The number of urea groups is 1. The van der Waals surface area contributed by atoms with E-state index in [1.54, 1.807) is 4.90 Å². The van der Waals surface area contributed by atoms with Crippen LogP contribution >= 0.6 is 0 Å². The number of aliphatic carboxylic acids is 1. The van der Waals surface area contributed by atoms with Crippen molar-refractivity contribution in [3.05, 3.63) is 0 Å². The second-order valence-corrected chi connectivity index (χ2v) is 6.46. The van der Waals surface area contributed by atoms with Gasteiger partial charge in [-0.05, 0) is 50.4 Å². The van der Waals surface area contributed by atoms with Gasteiger partial charge in [-0.1, -0.05) is 0 Å². The minimum atomic E-state index is -0.792. The molecule has 5 nitrogen and oxygen atoms in total. The van der Waals surface area contributed by atoms with Crippen LogP contribution in [0.2, 0.25) is 0 Å². The van der Waals surface area contributed by atoms with Gasteiger partial charge in [0.05, 0.1) is 5.92 Å². The van der Waals surface area contributed by atoms with E-state index in [0.29, 0.717) is 18.4 Å². The molecule has 3 rings (SSSR count). The first-order valence-corrected chi connectivity index (χ1v) is 7.31. The Morgan fingerprint density at radius 2 is 2.00 bits per heavy atom. The number of rotatable bonds is 4. The van der Waals surface area contributed by atoms with Crippen LogP contribution in [0.3, 0.4) is 0 Å². The van der Waals surface area contributed by atoms with E-state index in [0.717, 1.165) is 12.5 Å². The maximum Gasteiger partial charge on any atom is 0.317 e. The van der Waals surface area contributed by atoms with E-state index in [2.05, 4.69) is 5.32 Å². The summed E-state index contributed by atoms with van der Waals surface area (Å²) in [6.45, 7) is 3.16. The van der Waals surface area contributed by atoms with Crippen LogP contribution in [0.1, 0.15) is 39.0 Å². The number of carboxylic acid groups (broad SMARTS) is 1. The fraction of sp³-hybridized carbons (Fsp3) is 0.857. The van der Waals surface area contributed by atoms with Crippen molar-refractivity contribution >= 4 is 12.0 Å². The molecular weight excluding hydrogens is 244 g/mol. The van der Waals surface area contributed by atoms with Crippen molar-refractivity contribution in [1.82, 2.24) is 10.2 Å². The molecule has 2 N–H and O–H groups in total. The highest BCUT2D eigenvalue weighted by molar-refractivity contribution is 5.78. The molecule has 2 saturated carbocycles. The Balaban J connectivity index is 1.52. The molecule has 1 saturated heterocycles. The smallest absolute Gasteiger partial charge is 0.317 e. The van der Waals surface area contributed by atoms with Crippen molar-refractivity contribution in [1.29, 1.82) is 0 Å². The van der Waals surface area contributed by atoms with Gasteiger partial charge in [0, 0.05) is 19.1 Å². The Morgan fingerprint density at radius 3 is 2.47 bits per heavy atom. The van der Waals surface area contributed by atoms with Crippen molar-refractivity contribution in [2.24, 2.45) is 17.3 Å². The number of carboxylic acids is 1. The Kier molecular flexibility index (Phi) is 2.95. The Bertz CT molecular complexity index is 401. The highest BCUT2D eigenvalue weighted by atomic mass is 16.4. The Hall–Kier alpha value is -1.26. The second kappa shape index (κ2) is 4.39. The number of nitrogens with zero attached hydrogens (tertiary/aromatic N) is 1. The molecule has 2 atom stereocenters. The van der Waals surface area contributed by atoms with Crippen molar-refractivity contribution in [3.8, 4) is 0 Å². The summed E-state index contributed by atoms with van der Waals surface area (Å²) in [5, 5.41) is 12.1. The third-order valence-electron chi connectivity index (χ3n) is 5.26. The van der Waals surface area contributed by atoms with E-state index in [9.17, 15) is 9.59 Å². The third kappa shape index (κ3) is 2.30. The van der Waals surface area contributed by atoms with Crippen LogP contribution in [0.4, 0.5) is 4.79 Å². The molecule has 3 fully saturated rings. The van der Waals surface area contributed by atoms with Crippen LogP contribution in [-0.2, 0) is 4.79 Å². The molecule has 0 aromatic carbocycles. The molecule has 0 spiro atoms. The predicted molar refractivity (Wildman–Crippen MR) is 69.7 cm³/mol. The summed E-state index contributed by atoms with van der Waals surface area (Å²) in [7, 11) is 0. The summed E-state index contributed by atoms with van der Waals surface area (Å²) < 4.78 is 0. The SMILES string of the molecule is CC1C(C(=O)O)CCN1C(=O)NCC1(C2CC2)CC1. The summed E-state index contributed by atoms with van der Waals surface area (Å²) in [6, 6.07) is -0.281. The first kappa shape index (κ1) is 12.8. The lowest BCUT2D eigenvalue weighted by molar-refractivity contribution is -0.142. The first-order chi connectivity index (χ1) is 9.03. The summed E-state index contributed by atoms with van der Waals surface area (Å²) >= 11 is 0. The van der Waals surface area contributed by atoms with Crippen LogP contribution in [-0.4, -0.2) is 41.1 Å². The summed E-state index contributed by atoms with van der Waals surface area (Å²) in [5.41, 5.74) is 0.394. The van der Waals surface area contributed by atoms with Crippen LogP contribution < -0.4 is 5.32 Å². The molecule has 0 bridgehead atoms. The quantitative estimate of drug-likeness (QED) is 0.813. The Morgan fingerprint density at radius 1 is 1.32 bits per heavy atom. The molecule has 1 aliphatic heterocycles. The van der Waals surface area contributed by atoms with Crippen LogP contribution in [0, 0.1) is 17.3 Å². The van der Waals surface area contributed by atoms with Gasteiger partial charge in [-0.3, -0.25) is 4.79 Å². The van der Waals surface area contributed by atoms with E-state index in [-0.39, 0.29) is 12.1 Å². The lowest BCUT2D eigenvalue weighted by Crippen LogP contribution is -2.45. The number of hydrogen-bond acceptors (Lipinski definition) is 2. The molecule has 2 aliphatic carbocycles. The molecule has 19 heavy (non-hydrogen) atoms. The maximum atomic E-state index is 12.2. The average Bonchev–Trinajstić information content (AvgIpc) is 3.23. The van der Waals surface area contributed by atoms with Gasteiger partial charge in [0.2, 0.25) is 0 Å². The Labute approximate surface area is 113 Å². The van der Waals surface area contributed by atoms with E-state index in [1.165, 1.54) is 25.7 Å². The molecule has 0 aromatic rings. The number of carbonyl (C=O) groups is 2. The van der Waals surface area contributed by atoms with Gasteiger partial charge in [0.1, 0.15) is 0 Å². The van der Waals surface area contributed by atoms with E-state index < -0.39 is 11.9 Å². The minimum Gasteiger partial charge on any atom is -0.481 e. The number of amides is 2. The van der Waals surface area contributed by atoms with Crippen LogP contribution in [0.15, 0.2) is 0 Å². The van der Waals surface area contributed by atoms with Gasteiger partial charge in [-0.15, -0.1) is 0 Å². The summed E-state index contributed by atoms with van der Waals surface area (Å²) in [4.78, 5) is 24.9. The van der Waals surface area contributed by atoms with Crippen LogP contribution in [0.25, 0.3) is 0 Å². The summed E-state index contributed by atoms with van der Waals surface area (Å²) in [5.74, 6) is -0.376. The molecule has 2 amide bonds. The zero-order valence-corrected chi connectivity index (χ0v) is 11.4. The molecular formula is C14H22N2O3. The molecule has 0 aromatic heterocycles. The monoisotopic (exact) mass is 266 g/mol. The molecule has 5 heteroatoms. The lowest BCUT2D eigenvalue weighted by Gasteiger charge is -2.25. The van der Waals surface area contributed by atoms with Crippen molar-refractivity contribution in [3.63, 3.8) is 0 Å². The summed E-state index contributed by atoms with van der Waals surface area (Å²) in [6.07, 6.45) is 5.68. The van der Waals surface area contributed by atoms with Crippen molar-refractivity contribution < 1.29 is 14.7 Å². The van der Waals surface area contributed by atoms with Crippen LogP contribution in [0.5, 0.6) is 0 Å². The standard InChI is InChI=1S/C14H22N2O3/c1-9-11(12(17)18)4-7-16(9)13(19)15-8-14(5-6-14)10-2-3-10/h9-11H,2-8H2,1H3,(H,15,19)(H,17,18). The van der Waals surface area contributed by atoms with E-state index in [1.807, 2.05) is 6.92 Å². The lowest BCUT2D eigenvalue weighted by atomic mass is 10.0. The normalized spacial score (nSPS) is 32.2. The molecule has 1 heterocycles.